The highest BCUT2D eigenvalue weighted by molar-refractivity contribution is 6.00. The van der Waals surface area contributed by atoms with E-state index in [0.717, 1.165) is 0 Å². The molecule has 0 aromatic heterocycles. The molecule has 0 unspecified atom stereocenters. The van der Waals surface area contributed by atoms with Crippen molar-refractivity contribution in [2.75, 3.05) is 19.0 Å². The van der Waals surface area contributed by atoms with Crippen molar-refractivity contribution in [2.24, 2.45) is 5.73 Å². The molecule has 0 saturated carbocycles. The molecule has 0 atom stereocenters. The zero-order valence-electron chi connectivity index (χ0n) is 9.40. The Labute approximate surface area is 98.4 Å². The predicted molar refractivity (Wildman–Crippen MR) is 62.3 cm³/mol. The molecule has 0 heterocycles. The highest BCUT2D eigenvalue weighted by atomic mass is 16.5. The molecule has 6 nitrogen and oxygen atoms in total. The van der Waals surface area contributed by atoms with E-state index in [1.165, 1.54) is 25.3 Å². The van der Waals surface area contributed by atoms with Crippen LogP contribution in [0.5, 0.6) is 5.75 Å². The summed E-state index contributed by atoms with van der Waals surface area (Å²) >= 11 is 0. The molecule has 0 aliphatic rings. The summed E-state index contributed by atoms with van der Waals surface area (Å²) < 4.78 is 4.96. The normalized spacial score (nSPS) is 9.76. The molecule has 0 aliphatic carbocycles. The van der Waals surface area contributed by atoms with E-state index in [-0.39, 0.29) is 30.1 Å². The number of nitrogens with one attached hydrogen (secondary N) is 1. The average molecular weight is 238 g/mol. The minimum Gasteiger partial charge on any atom is -0.497 e. The van der Waals surface area contributed by atoms with E-state index >= 15 is 0 Å². The third-order valence-corrected chi connectivity index (χ3v) is 2.10. The summed E-state index contributed by atoms with van der Waals surface area (Å²) in [4.78, 5) is 22.3. The van der Waals surface area contributed by atoms with Crippen molar-refractivity contribution in [1.82, 2.24) is 0 Å². The molecule has 1 rings (SSSR count). The van der Waals surface area contributed by atoms with Gasteiger partial charge in [0, 0.05) is 19.0 Å². The first-order chi connectivity index (χ1) is 8.08. The van der Waals surface area contributed by atoms with E-state index in [1.54, 1.807) is 0 Å². The molecular weight excluding hydrogens is 224 g/mol. The van der Waals surface area contributed by atoms with Crippen LogP contribution in [0.25, 0.3) is 0 Å². The van der Waals surface area contributed by atoms with Gasteiger partial charge in [-0.25, -0.2) is 4.79 Å². The minimum absolute atomic E-state index is 0.0103. The van der Waals surface area contributed by atoms with Crippen LogP contribution in [0.4, 0.5) is 5.69 Å². The summed E-state index contributed by atoms with van der Waals surface area (Å²) in [7, 11) is 1.46. The van der Waals surface area contributed by atoms with Crippen LogP contribution in [0.1, 0.15) is 16.8 Å². The molecular formula is C11H14N2O4. The number of methoxy groups -OCH3 is 1. The van der Waals surface area contributed by atoms with Crippen LogP contribution in [0.15, 0.2) is 18.2 Å². The second-order valence-corrected chi connectivity index (χ2v) is 3.30. The van der Waals surface area contributed by atoms with E-state index in [2.05, 4.69) is 5.32 Å². The molecule has 0 fully saturated rings. The summed E-state index contributed by atoms with van der Waals surface area (Å²) in [5, 5.41) is 11.4. The number of hydrogen-bond donors (Lipinski definition) is 3. The van der Waals surface area contributed by atoms with Crippen LogP contribution < -0.4 is 15.8 Å². The number of amides is 1. The quantitative estimate of drug-likeness (QED) is 0.700. The van der Waals surface area contributed by atoms with Gasteiger partial charge in [0.25, 0.3) is 0 Å². The van der Waals surface area contributed by atoms with Crippen molar-refractivity contribution in [1.29, 1.82) is 0 Å². The van der Waals surface area contributed by atoms with Crippen LogP contribution in [0, 0.1) is 0 Å². The predicted octanol–water partition coefficient (Wildman–Crippen LogP) is 0.681. The Morgan fingerprint density at radius 3 is 2.71 bits per heavy atom. The maximum Gasteiger partial charge on any atom is 0.337 e. The lowest BCUT2D eigenvalue weighted by Gasteiger charge is -2.09. The van der Waals surface area contributed by atoms with Crippen LogP contribution in [0.2, 0.25) is 0 Å². The smallest absolute Gasteiger partial charge is 0.337 e. The van der Waals surface area contributed by atoms with Crippen molar-refractivity contribution >= 4 is 17.6 Å². The Kier molecular flexibility index (Phi) is 4.47. The maximum atomic E-state index is 11.4. The second kappa shape index (κ2) is 5.86. The van der Waals surface area contributed by atoms with Gasteiger partial charge in [0.2, 0.25) is 5.91 Å². The van der Waals surface area contributed by atoms with Crippen molar-refractivity contribution < 1.29 is 19.4 Å². The van der Waals surface area contributed by atoms with Crippen molar-refractivity contribution in [3.05, 3.63) is 23.8 Å². The van der Waals surface area contributed by atoms with Gasteiger partial charge in [-0.1, -0.05) is 0 Å². The van der Waals surface area contributed by atoms with Gasteiger partial charge in [-0.05, 0) is 12.1 Å². The number of aromatic carboxylic acids is 1. The highest BCUT2D eigenvalue weighted by Crippen LogP contribution is 2.22. The van der Waals surface area contributed by atoms with E-state index in [9.17, 15) is 9.59 Å². The molecule has 17 heavy (non-hydrogen) atoms. The van der Waals surface area contributed by atoms with Gasteiger partial charge >= 0.3 is 5.97 Å². The third-order valence-electron chi connectivity index (χ3n) is 2.10. The van der Waals surface area contributed by atoms with Gasteiger partial charge in [0.05, 0.1) is 18.4 Å². The summed E-state index contributed by atoms with van der Waals surface area (Å²) in [5.74, 6) is -0.975. The van der Waals surface area contributed by atoms with Gasteiger partial charge in [0.1, 0.15) is 5.75 Å². The van der Waals surface area contributed by atoms with E-state index < -0.39 is 5.97 Å². The standard InChI is InChI=1S/C11H14N2O4/c1-17-7-2-3-8(11(15)16)9(6-7)13-10(14)4-5-12/h2-3,6H,4-5,12H2,1H3,(H,13,14)(H,15,16). The fraction of sp³-hybridized carbons (Fsp3) is 0.273. The number of rotatable bonds is 5. The van der Waals surface area contributed by atoms with Crippen molar-refractivity contribution in [2.45, 2.75) is 6.42 Å². The summed E-state index contributed by atoms with van der Waals surface area (Å²) in [6, 6.07) is 4.35. The van der Waals surface area contributed by atoms with Gasteiger partial charge in [0.15, 0.2) is 0 Å². The zero-order chi connectivity index (χ0) is 12.8. The fourth-order valence-corrected chi connectivity index (χ4v) is 1.28. The average Bonchev–Trinajstić information content (AvgIpc) is 2.28. The van der Waals surface area contributed by atoms with E-state index in [0.29, 0.717) is 5.75 Å². The number of ether oxygens (including phenoxy) is 1. The SMILES string of the molecule is COc1ccc(C(=O)O)c(NC(=O)CCN)c1. The molecule has 6 heteroatoms. The largest absolute Gasteiger partial charge is 0.497 e. The van der Waals surface area contributed by atoms with Gasteiger partial charge in [-0.15, -0.1) is 0 Å². The Balaban J connectivity index is 3.00. The molecule has 0 aliphatic heterocycles. The number of benzene rings is 1. The summed E-state index contributed by atoms with van der Waals surface area (Å²) in [5.41, 5.74) is 5.45. The van der Waals surface area contributed by atoms with Gasteiger partial charge < -0.3 is 20.9 Å². The van der Waals surface area contributed by atoms with E-state index in [1.807, 2.05) is 0 Å². The second-order valence-electron chi connectivity index (χ2n) is 3.30. The monoisotopic (exact) mass is 238 g/mol. The lowest BCUT2D eigenvalue weighted by atomic mass is 10.1. The molecule has 92 valence electrons. The Hall–Kier alpha value is -2.08. The molecule has 1 aromatic carbocycles. The van der Waals surface area contributed by atoms with Crippen LogP contribution in [-0.4, -0.2) is 30.6 Å². The topological polar surface area (TPSA) is 102 Å². The fourth-order valence-electron chi connectivity index (χ4n) is 1.28. The first-order valence-corrected chi connectivity index (χ1v) is 4.99. The highest BCUT2D eigenvalue weighted by Gasteiger charge is 2.13. The van der Waals surface area contributed by atoms with Crippen LogP contribution in [0.3, 0.4) is 0 Å². The summed E-state index contributed by atoms with van der Waals surface area (Å²) in [6.07, 6.45) is 0.135. The number of carbonyl (C=O) groups is 2. The maximum absolute atomic E-state index is 11.4. The number of carbonyl (C=O) groups excluding carboxylic acids is 1. The zero-order valence-corrected chi connectivity index (χ0v) is 9.40. The first-order valence-electron chi connectivity index (χ1n) is 4.99. The lowest BCUT2D eigenvalue weighted by molar-refractivity contribution is -0.116. The number of nitrogens with two attached hydrogens (primary N) is 1. The molecule has 0 spiro atoms. The summed E-state index contributed by atoms with van der Waals surface area (Å²) in [6.45, 7) is 0.207. The number of anilines is 1. The van der Waals surface area contributed by atoms with E-state index in [4.69, 9.17) is 15.6 Å². The number of carboxylic acids is 1. The molecule has 0 bridgehead atoms. The third kappa shape index (κ3) is 3.46. The Morgan fingerprint density at radius 2 is 2.18 bits per heavy atom. The molecule has 1 aromatic rings. The van der Waals surface area contributed by atoms with Crippen molar-refractivity contribution in [3.63, 3.8) is 0 Å². The Bertz CT molecular complexity index is 431. The molecule has 1 amide bonds. The number of hydrogen-bond acceptors (Lipinski definition) is 4. The first kappa shape index (κ1) is 13.0. The Morgan fingerprint density at radius 1 is 1.47 bits per heavy atom. The molecule has 0 saturated heterocycles. The van der Waals surface area contributed by atoms with Crippen molar-refractivity contribution in [3.8, 4) is 5.75 Å². The van der Waals surface area contributed by atoms with Gasteiger partial charge in [-0.2, -0.15) is 0 Å². The minimum atomic E-state index is -1.12. The van der Waals surface area contributed by atoms with Crippen LogP contribution in [-0.2, 0) is 4.79 Å². The van der Waals surface area contributed by atoms with Gasteiger partial charge in [-0.3, -0.25) is 4.79 Å². The molecule has 0 radical (unpaired) electrons. The number of carboxylic acid groups (broad SMARTS) is 1. The molecule has 4 N–H and O–H groups in total. The van der Waals surface area contributed by atoms with Crippen LogP contribution >= 0.6 is 0 Å². The lowest BCUT2D eigenvalue weighted by Crippen LogP contribution is -2.18.